The summed E-state index contributed by atoms with van der Waals surface area (Å²) < 4.78 is 26.7. The summed E-state index contributed by atoms with van der Waals surface area (Å²) in [4.78, 5) is 12.6. The van der Waals surface area contributed by atoms with E-state index in [-0.39, 0.29) is 16.2 Å². The third kappa shape index (κ3) is 4.52. The maximum Gasteiger partial charge on any atom is 0.273 e. The van der Waals surface area contributed by atoms with Crippen LogP contribution in [0.25, 0.3) is 0 Å². The molecule has 0 radical (unpaired) electrons. The topological polar surface area (TPSA) is 66.5 Å². The van der Waals surface area contributed by atoms with Crippen LogP contribution < -0.4 is 9.62 Å². The average molecular weight is 429 g/mol. The molecule has 7 heteroatoms. The Hall–Kier alpha value is -2.64. The van der Waals surface area contributed by atoms with Gasteiger partial charge in [0.05, 0.1) is 11.7 Å². The molecule has 29 heavy (non-hydrogen) atoms. The van der Waals surface area contributed by atoms with Crippen LogP contribution in [-0.4, -0.2) is 21.4 Å². The van der Waals surface area contributed by atoms with Crippen LogP contribution in [0.1, 0.15) is 40.0 Å². The second-order valence-corrected chi connectivity index (χ2v) is 10.1. The monoisotopic (exact) mass is 428 g/mol. The van der Waals surface area contributed by atoms with E-state index in [0.29, 0.717) is 11.3 Å². The molecular formula is C22H24N2O3S2. The number of benzene rings is 2. The summed E-state index contributed by atoms with van der Waals surface area (Å²) in [5.41, 5.74) is 4.41. The summed E-state index contributed by atoms with van der Waals surface area (Å²) in [5, 5.41) is 4.72. The van der Waals surface area contributed by atoms with Gasteiger partial charge in [-0.2, -0.15) is 0 Å². The highest BCUT2D eigenvalue weighted by Gasteiger charge is 2.22. The lowest BCUT2D eigenvalue weighted by molar-refractivity contribution is 0.0940. The Morgan fingerprint density at radius 1 is 1.03 bits per heavy atom. The zero-order valence-electron chi connectivity index (χ0n) is 16.8. The Balaban J connectivity index is 1.72. The predicted octanol–water partition coefficient (Wildman–Crippen LogP) is 4.68. The van der Waals surface area contributed by atoms with Crippen molar-refractivity contribution in [3.63, 3.8) is 0 Å². The van der Waals surface area contributed by atoms with Gasteiger partial charge >= 0.3 is 0 Å². The normalized spacial score (nSPS) is 12.4. The summed E-state index contributed by atoms with van der Waals surface area (Å²) in [6.45, 7) is 6.05. The summed E-state index contributed by atoms with van der Waals surface area (Å²) in [6.07, 6.45) is 0. The third-order valence-electron chi connectivity index (χ3n) is 4.98. The molecule has 1 atom stereocenters. The zero-order chi connectivity index (χ0) is 21.2. The number of hydrogen-bond acceptors (Lipinski definition) is 4. The van der Waals surface area contributed by atoms with Crippen LogP contribution >= 0.6 is 11.3 Å². The van der Waals surface area contributed by atoms with Gasteiger partial charge in [0.25, 0.3) is 15.9 Å². The average Bonchev–Trinajstić information content (AvgIpc) is 3.25. The first-order valence-electron chi connectivity index (χ1n) is 9.20. The van der Waals surface area contributed by atoms with Gasteiger partial charge in [0.2, 0.25) is 0 Å². The van der Waals surface area contributed by atoms with Gasteiger partial charge < -0.3 is 5.32 Å². The lowest BCUT2D eigenvalue weighted by Crippen LogP contribution is -2.27. The summed E-state index contributed by atoms with van der Waals surface area (Å²) in [7, 11) is -2.09. The first kappa shape index (κ1) is 21.1. The molecule has 0 saturated carbocycles. The van der Waals surface area contributed by atoms with E-state index in [9.17, 15) is 13.2 Å². The van der Waals surface area contributed by atoms with E-state index in [0.717, 1.165) is 5.56 Å². The lowest BCUT2D eigenvalue weighted by Gasteiger charge is -2.19. The van der Waals surface area contributed by atoms with Crippen molar-refractivity contribution < 1.29 is 13.2 Å². The van der Waals surface area contributed by atoms with Gasteiger partial charge in [-0.1, -0.05) is 24.3 Å². The number of rotatable bonds is 6. The van der Waals surface area contributed by atoms with Crippen LogP contribution in [0.5, 0.6) is 0 Å². The number of amides is 1. The quantitative estimate of drug-likeness (QED) is 0.620. The van der Waals surface area contributed by atoms with Crippen molar-refractivity contribution in [2.45, 2.75) is 31.0 Å². The molecule has 0 spiro atoms. The molecule has 0 unspecified atom stereocenters. The zero-order valence-corrected chi connectivity index (χ0v) is 18.5. The highest BCUT2D eigenvalue weighted by Crippen LogP contribution is 2.25. The SMILES string of the molecule is Cc1ccc([C@H](C)NC(=O)c2ccc(N(C)S(=O)(=O)c3cccs3)cc2)cc1C. The standard InChI is InChI=1S/C22H24N2O3S2/c1-15-7-8-19(14-16(15)2)17(3)23-22(25)18-9-11-20(12-10-18)24(4)29(26,27)21-6-5-13-28-21/h5-14,17H,1-4H3,(H,23,25)/t17-/m0/s1. The largest absolute Gasteiger partial charge is 0.346 e. The highest BCUT2D eigenvalue weighted by molar-refractivity contribution is 7.94. The van der Waals surface area contributed by atoms with Crippen LogP contribution in [0.15, 0.2) is 64.2 Å². The van der Waals surface area contributed by atoms with Crippen molar-refractivity contribution in [1.82, 2.24) is 5.32 Å². The van der Waals surface area contributed by atoms with Crippen molar-refractivity contribution in [2.75, 3.05) is 11.4 Å². The second kappa shape index (κ2) is 8.39. The molecule has 5 nitrogen and oxygen atoms in total. The van der Waals surface area contributed by atoms with Crippen molar-refractivity contribution in [2.24, 2.45) is 0 Å². The maximum absolute atomic E-state index is 12.6. The molecule has 1 N–H and O–H groups in total. The van der Waals surface area contributed by atoms with Gasteiger partial charge in [-0.3, -0.25) is 9.10 Å². The number of anilines is 1. The first-order valence-corrected chi connectivity index (χ1v) is 11.5. The Kier molecular flexibility index (Phi) is 6.10. The van der Waals surface area contributed by atoms with Crippen LogP contribution in [-0.2, 0) is 10.0 Å². The molecule has 1 amide bonds. The minimum absolute atomic E-state index is 0.136. The van der Waals surface area contributed by atoms with Gasteiger partial charge in [-0.05, 0) is 73.2 Å². The highest BCUT2D eigenvalue weighted by atomic mass is 32.2. The van der Waals surface area contributed by atoms with Crippen LogP contribution in [0.2, 0.25) is 0 Å². The molecule has 0 fully saturated rings. The predicted molar refractivity (Wildman–Crippen MR) is 118 cm³/mol. The van der Waals surface area contributed by atoms with Crippen LogP contribution in [0.3, 0.4) is 0 Å². The molecule has 1 aromatic heterocycles. The number of carbonyl (C=O) groups is 1. The minimum Gasteiger partial charge on any atom is -0.346 e. The Labute approximate surface area is 176 Å². The van der Waals surface area contributed by atoms with Gasteiger partial charge in [0, 0.05) is 12.6 Å². The summed E-state index contributed by atoms with van der Waals surface area (Å²) in [5.74, 6) is -0.203. The third-order valence-corrected chi connectivity index (χ3v) is 8.14. The van der Waals surface area contributed by atoms with E-state index in [2.05, 4.69) is 18.3 Å². The lowest BCUT2D eigenvalue weighted by atomic mass is 10.0. The van der Waals surface area contributed by atoms with Gasteiger partial charge in [0.1, 0.15) is 4.21 Å². The fraction of sp³-hybridized carbons (Fsp3) is 0.227. The van der Waals surface area contributed by atoms with Gasteiger partial charge in [-0.25, -0.2) is 8.42 Å². The molecule has 3 rings (SSSR count). The van der Waals surface area contributed by atoms with Crippen molar-refractivity contribution in [3.05, 3.63) is 82.2 Å². The van der Waals surface area contributed by atoms with E-state index in [1.807, 2.05) is 26.0 Å². The van der Waals surface area contributed by atoms with E-state index >= 15 is 0 Å². The van der Waals surface area contributed by atoms with E-state index in [1.54, 1.807) is 41.8 Å². The molecule has 0 saturated heterocycles. The number of aryl methyl sites for hydroxylation is 2. The van der Waals surface area contributed by atoms with Gasteiger partial charge in [0.15, 0.2) is 0 Å². The van der Waals surface area contributed by atoms with E-state index in [1.165, 1.54) is 33.8 Å². The Morgan fingerprint density at radius 2 is 1.72 bits per heavy atom. The van der Waals surface area contributed by atoms with Crippen LogP contribution in [0.4, 0.5) is 5.69 Å². The molecule has 1 heterocycles. The summed E-state index contributed by atoms with van der Waals surface area (Å²) in [6, 6.07) is 15.8. The minimum atomic E-state index is -3.59. The smallest absolute Gasteiger partial charge is 0.273 e. The molecule has 0 aliphatic rings. The summed E-state index contributed by atoms with van der Waals surface area (Å²) >= 11 is 1.17. The fourth-order valence-electron chi connectivity index (χ4n) is 2.90. The number of hydrogen-bond donors (Lipinski definition) is 1. The molecule has 0 aliphatic carbocycles. The van der Waals surface area contributed by atoms with Gasteiger partial charge in [-0.15, -0.1) is 11.3 Å². The number of nitrogens with zero attached hydrogens (tertiary/aromatic N) is 1. The molecule has 0 bridgehead atoms. The number of thiophene rings is 1. The van der Waals surface area contributed by atoms with Crippen molar-refractivity contribution >= 4 is 33.0 Å². The molecular weight excluding hydrogens is 404 g/mol. The fourth-order valence-corrected chi connectivity index (χ4v) is 5.26. The second-order valence-electron chi connectivity index (χ2n) is 6.99. The first-order chi connectivity index (χ1) is 13.7. The molecule has 0 aliphatic heterocycles. The molecule has 2 aromatic carbocycles. The maximum atomic E-state index is 12.6. The Bertz CT molecular complexity index is 1110. The number of sulfonamides is 1. The van der Waals surface area contributed by atoms with Crippen molar-refractivity contribution in [3.8, 4) is 0 Å². The number of nitrogens with one attached hydrogen (secondary N) is 1. The van der Waals surface area contributed by atoms with Crippen molar-refractivity contribution in [1.29, 1.82) is 0 Å². The van der Waals surface area contributed by atoms with E-state index < -0.39 is 10.0 Å². The Morgan fingerprint density at radius 3 is 2.31 bits per heavy atom. The van der Waals surface area contributed by atoms with E-state index in [4.69, 9.17) is 0 Å². The molecule has 3 aromatic rings. The molecule has 152 valence electrons. The number of carbonyl (C=O) groups excluding carboxylic acids is 1. The van der Waals surface area contributed by atoms with Crippen LogP contribution in [0, 0.1) is 13.8 Å².